The zero-order valence-electron chi connectivity index (χ0n) is 6.67. The van der Waals surface area contributed by atoms with Gasteiger partial charge in [0.1, 0.15) is 5.69 Å². The molecule has 1 aromatic heterocycles. The number of aryl methyl sites for hydroxylation is 1. The van der Waals surface area contributed by atoms with E-state index in [4.69, 9.17) is 11.6 Å². The van der Waals surface area contributed by atoms with Crippen molar-refractivity contribution in [1.82, 2.24) is 4.98 Å². The summed E-state index contributed by atoms with van der Waals surface area (Å²) in [5, 5.41) is 0.535. The molecule has 0 fully saturated rings. The van der Waals surface area contributed by atoms with Gasteiger partial charge >= 0.3 is 0 Å². The van der Waals surface area contributed by atoms with Gasteiger partial charge in [0.15, 0.2) is 0 Å². The zero-order valence-corrected chi connectivity index (χ0v) is 7.43. The molecule has 3 heteroatoms. The van der Waals surface area contributed by atoms with E-state index in [0.717, 1.165) is 5.56 Å². The number of rotatable bonds is 2. The molecule has 0 aliphatic rings. The summed E-state index contributed by atoms with van der Waals surface area (Å²) in [6.45, 7) is 5.17. The van der Waals surface area contributed by atoms with Crippen molar-refractivity contribution in [2.24, 2.45) is 0 Å². The molecule has 1 rings (SSSR count). The van der Waals surface area contributed by atoms with E-state index in [0.29, 0.717) is 10.7 Å². The molecule has 0 bridgehead atoms. The van der Waals surface area contributed by atoms with E-state index in [9.17, 15) is 4.79 Å². The van der Waals surface area contributed by atoms with Crippen LogP contribution >= 0.6 is 11.6 Å². The minimum Gasteiger partial charge on any atom is -0.288 e. The highest BCUT2D eigenvalue weighted by atomic mass is 35.5. The molecule has 0 N–H and O–H groups in total. The summed E-state index contributed by atoms with van der Waals surface area (Å²) < 4.78 is 0. The normalized spacial score (nSPS) is 9.50. The summed E-state index contributed by atoms with van der Waals surface area (Å²) in [6.07, 6.45) is 2.69. The highest BCUT2D eigenvalue weighted by Crippen LogP contribution is 2.12. The maximum Gasteiger partial charge on any atom is 0.203 e. The fraction of sp³-hybridized carbons (Fsp3) is 0.111. The quantitative estimate of drug-likeness (QED) is 0.518. The Morgan fingerprint density at radius 1 is 1.75 bits per heavy atom. The van der Waals surface area contributed by atoms with Crippen LogP contribution in [0.1, 0.15) is 16.1 Å². The van der Waals surface area contributed by atoms with Crippen LogP contribution in [0.3, 0.4) is 0 Å². The van der Waals surface area contributed by atoms with Gasteiger partial charge in [0.05, 0.1) is 5.02 Å². The lowest BCUT2D eigenvalue weighted by molar-refractivity contribution is 0.104. The minimum absolute atomic E-state index is 0.177. The molecular formula is C9H8ClNO. The van der Waals surface area contributed by atoms with Gasteiger partial charge in [-0.25, -0.2) is 0 Å². The second-order valence-electron chi connectivity index (χ2n) is 2.39. The Morgan fingerprint density at radius 3 is 2.92 bits per heavy atom. The third kappa shape index (κ3) is 1.71. The second-order valence-corrected chi connectivity index (χ2v) is 2.82. The monoisotopic (exact) mass is 181 g/mol. The van der Waals surface area contributed by atoms with Gasteiger partial charge in [-0.05, 0) is 24.6 Å². The molecule has 0 aromatic carbocycles. The van der Waals surface area contributed by atoms with E-state index >= 15 is 0 Å². The van der Waals surface area contributed by atoms with Gasteiger partial charge in [0.25, 0.3) is 0 Å². The summed E-state index contributed by atoms with van der Waals surface area (Å²) in [7, 11) is 0. The Hall–Kier alpha value is -1.15. The van der Waals surface area contributed by atoms with E-state index in [1.165, 1.54) is 12.3 Å². The Balaban J connectivity index is 3.18. The van der Waals surface area contributed by atoms with Crippen molar-refractivity contribution in [2.45, 2.75) is 6.92 Å². The maximum absolute atomic E-state index is 11.1. The molecule has 0 aliphatic carbocycles. The number of aromatic nitrogens is 1. The second kappa shape index (κ2) is 3.50. The van der Waals surface area contributed by atoms with E-state index in [1.807, 2.05) is 0 Å². The van der Waals surface area contributed by atoms with Crippen LogP contribution in [0.2, 0.25) is 5.02 Å². The first-order chi connectivity index (χ1) is 5.65. The van der Waals surface area contributed by atoms with Crippen molar-refractivity contribution >= 4 is 17.4 Å². The fourth-order valence-corrected chi connectivity index (χ4v) is 1.11. The molecule has 0 saturated heterocycles. The first-order valence-corrected chi connectivity index (χ1v) is 3.82. The first-order valence-electron chi connectivity index (χ1n) is 3.44. The van der Waals surface area contributed by atoms with Crippen molar-refractivity contribution < 1.29 is 4.79 Å². The van der Waals surface area contributed by atoms with Gasteiger partial charge in [-0.2, -0.15) is 0 Å². The van der Waals surface area contributed by atoms with Crippen LogP contribution < -0.4 is 0 Å². The van der Waals surface area contributed by atoms with Gasteiger partial charge in [0.2, 0.25) is 5.78 Å². The number of carbonyl (C=O) groups is 1. The molecule has 0 aliphatic heterocycles. The average molecular weight is 182 g/mol. The van der Waals surface area contributed by atoms with Crippen LogP contribution in [0.15, 0.2) is 24.9 Å². The van der Waals surface area contributed by atoms with Crippen LogP contribution in [-0.2, 0) is 0 Å². The standard InChI is InChI=1S/C9H8ClNO/c1-3-8(12)9-6(2)4-7(10)5-11-9/h3-5H,1H2,2H3. The smallest absolute Gasteiger partial charge is 0.203 e. The highest BCUT2D eigenvalue weighted by Gasteiger charge is 2.06. The first kappa shape index (κ1) is 8.94. The number of pyridine rings is 1. The van der Waals surface area contributed by atoms with Crippen LogP contribution in [0.4, 0.5) is 0 Å². The van der Waals surface area contributed by atoms with Crippen LogP contribution in [0, 0.1) is 6.92 Å². The number of hydrogen-bond acceptors (Lipinski definition) is 2. The van der Waals surface area contributed by atoms with E-state index in [-0.39, 0.29) is 5.78 Å². The summed E-state index contributed by atoms with van der Waals surface area (Å²) in [5.41, 5.74) is 1.18. The van der Waals surface area contributed by atoms with E-state index < -0.39 is 0 Å². The maximum atomic E-state index is 11.1. The van der Waals surface area contributed by atoms with Crippen molar-refractivity contribution in [2.75, 3.05) is 0 Å². The van der Waals surface area contributed by atoms with Crippen molar-refractivity contribution in [3.05, 3.63) is 41.2 Å². The van der Waals surface area contributed by atoms with Gasteiger partial charge in [-0.1, -0.05) is 18.2 Å². The molecule has 1 heterocycles. The summed E-state index contributed by atoms with van der Waals surface area (Å²) >= 11 is 5.67. The Bertz CT molecular complexity index is 333. The molecule has 0 radical (unpaired) electrons. The Morgan fingerprint density at radius 2 is 2.42 bits per heavy atom. The van der Waals surface area contributed by atoms with Gasteiger partial charge in [-0.15, -0.1) is 0 Å². The van der Waals surface area contributed by atoms with Crippen molar-refractivity contribution in [3.8, 4) is 0 Å². The van der Waals surface area contributed by atoms with Crippen LogP contribution in [-0.4, -0.2) is 10.8 Å². The van der Waals surface area contributed by atoms with Crippen LogP contribution in [0.25, 0.3) is 0 Å². The van der Waals surface area contributed by atoms with E-state index in [1.54, 1.807) is 13.0 Å². The molecule has 0 unspecified atom stereocenters. The van der Waals surface area contributed by atoms with Crippen molar-refractivity contribution in [1.29, 1.82) is 0 Å². The molecule has 1 aromatic rings. The lowest BCUT2D eigenvalue weighted by Crippen LogP contribution is -2.00. The number of carbonyl (C=O) groups excluding carboxylic acids is 1. The number of nitrogens with zero attached hydrogens (tertiary/aromatic N) is 1. The SMILES string of the molecule is C=CC(=O)c1ncc(Cl)cc1C. The Kier molecular flexibility index (Phi) is 2.61. The summed E-state index contributed by atoms with van der Waals surface area (Å²) in [5.74, 6) is -0.177. The minimum atomic E-state index is -0.177. The number of hydrogen-bond donors (Lipinski definition) is 0. The molecule has 12 heavy (non-hydrogen) atoms. The number of halogens is 1. The zero-order chi connectivity index (χ0) is 9.14. The molecular weight excluding hydrogens is 174 g/mol. The Labute approximate surface area is 75.9 Å². The molecule has 0 atom stereocenters. The van der Waals surface area contributed by atoms with Gasteiger partial charge < -0.3 is 0 Å². The summed E-state index contributed by atoms with van der Waals surface area (Å²) in [6, 6.07) is 1.70. The van der Waals surface area contributed by atoms with Gasteiger partial charge in [-0.3, -0.25) is 9.78 Å². The number of allylic oxidation sites excluding steroid dienone is 1. The molecule has 0 amide bonds. The van der Waals surface area contributed by atoms with Gasteiger partial charge in [0, 0.05) is 6.20 Å². The molecule has 0 spiro atoms. The molecule has 0 saturated carbocycles. The summed E-state index contributed by atoms with van der Waals surface area (Å²) in [4.78, 5) is 15.0. The predicted molar refractivity (Wildman–Crippen MR) is 48.5 cm³/mol. The van der Waals surface area contributed by atoms with E-state index in [2.05, 4.69) is 11.6 Å². The lowest BCUT2D eigenvalue weighted by atomic mass is 10.1. The molecule has 62 valence electrons. The number of ketones is 1. The lowest BCUT2D eigenvalue weighted by Gasteiger charge is -1.99. The average Bonchev–Trinajstić information content (AvgIpc) is 2.03. The third-order valence-corrected chi connectivity index (χ3v) is 1.67. The van der Waals surface area contributed by atoms with Crippen molar-refractivity contribution in [3.63, 3.8) is 0 Å². The molecule has 2 nitrogen and oxygen atoms in total. The highest BCUT2D eigenvalue weighted by molar-refractivity contribution is 6.30. The largest absolute Gasteiger partial charge is 0.288 e. The predicted octanol–water partition coefficient (Wildman–Crippen LogP) is 2.41. The fourth-order valence-electron chi connectivity index (χ4n) is 0.895. The topological polar surface area (TPSA) is 30.0 Å². The third-order valence-electron chi connectivity index (χ3n) is 1.46. The van der Waals surface area contributed by atoms with Crippen LogP contribution in [0.5, 0.6) is 0 Å².